The fraction of sp³-hybridized carbons (Fsp3) is 0.286. The molecule has 2 rings (SSSR count). The van der Waals surface area contributed by atoms with Gasteiger partial charge in [0, 0.05) is 25.4 Å². The van der Waals surface area contributed by atoms with E-state index in [0.29, 0.717) is 5.52 Å². The molecule has 0 saturated carbocycles. The largest absolute Gasteiger partial charge is 0.504 e. The third-order valence-corrected chi connectivity index (χ3v) is 3.61. The fourth-order valence-corrected chi connectivity index (χ4v) is 2.44. The lowest BCUT2D eigenvalue weighted by Gasteiger charge is -2.17. The van der Waals surface area contributed by atoms with Crippen molar-refractivity contribution in [3.05, 3.63) is 33.1 Å². The predicted molar refractivity (Wildman–Crippen MR) is 80.3 cm³/mol. The lowest BCUT2D eigenvalue weighted by atomic mass is 10.1. The molecule has 0 bridgehead atoms. The molecule has 0 spiro atoms. The van der Waals surface area contributed by atoms with Gasteiger partial charge in [-0.1, -0.05) is 11.6 Å². The third kappa shape index (κ3) is 2.31. The average Bonchev–Trinajstić information content (AvgIpc) is 2.43. The zero-order valence-corrected chi connectivity index (χ0v) is 12.5. The van der Waals surface area contributed by atoms with Crippen molar-refractivity contribution in [3.63, 3.8) is 0 Å². The van der Waals surface area contributed by atoms with Gasteiger partial charge in [0.25, 0.3) is 5.91 Å². The molecule has 0 saturated heterocycles. The second-order valence-electron chi connectivity index (χ2n) is 4.90. The van der Waals surface area contributed by atoms with Crippen LogP contribution in [0.15, 0.2) is 17.1 Å². The zero-order valence-electron chi connectivity index (χ0n) is 11.8. The van der Waals surface area contributed by atoms with Crippen molar-refractivity contribution in [1.82, 2.24) is 9.88 Å². The number of phenolic OH excluding ortho intramolecular Hbond substituents is 2. The predicted octanol–water partition coefficient (Wildman–Crippen LogP) is 2.01. The molecule has 1 amide bonds. The van der Waals surface area contributed by atoms with Crippen molar-refractivity contribution >= 4 is 28.4 Å². The first-order chi connectivity index (χ1) is 9.79. The molecule has 0 aliphatic carbocycles. The summed E-state index contributed by atoms with van der Waals surface area (Å²) in [5, 5.41) is 21.5. The van der Waals surface area contributed by atoms with Crippen LogP contribution in [0.5, 0.6) is 11.5 Å². The Labute approximate surface area is 125 Å². The molecule has 112 valence electrons. The van der Waals surface area contributed by atoms with Gasteiger partial charge >= 0.3 is 0 Å². The van der Waals surface area contributed by atoms with E-state index in [1.807, 2.05) is 13.8 Å². The van der Waals surface area contributed by atoms with Gasteiger partial charge in [-0.15, -0.1) is 0 Å². The molecule has 1 heterocycles. The summed E-state index contributed by atoms with van der Waals surface area (Å²) in [6.07, 6.45) is 1.42. The molecule has 1 aromatic heterocycles. The molecule has 0 radical (unpaired) electrons. The Bertz CT molecular complexity index is 796. The SMILES string of the molecule is CNC(=O)c1cn(C(C)C)c2cc(O)c(O)c(Cl)c2c1=O. The summed E-state index contributed by atoms with van der Waals surface area (Å²) in [6, 6.07) is 1.17. The first-order valence-corrected chi connectivity index (χ1v) is 6.68. The van der Waals surface area contributed by atoms with Gasteiger partial charge < -0.3 is 20.1 Å². The molecular formula is C14H15ClN2O4. The molecule has 0 unspecified atom stereocenters. The number of pyridine rings is 1. The highest BCUT2D eigenvalue weighted by atomic mass is 35.5. The van der Waals surface area contributed by atoms with Crippen LogP contribution in [0.1, 0.15) is 30.2 Å². The topological polar surface area (TPSA) is 91.6 Å². The number of halogens is 1. The molecule has 3 N–H and O–H groups in total. The molecule has 6 nitrogen and oxygen atoms in total. The lowest BCUT2D eigenvalue weighted by Crippen LogP contribution is -2.27. The summed E-state index contributed by atoms with van der Waals surface area (Å²) < 4.78 is 1.65. The van der Waals surface area contributed by atoms with Gasteiger partial charge in [-0.05, 0) is 13.8 Å². The van der Waals surface area contributed by atoms with Gasteiger partial charge in [0.05, 0.1) is 15.9 Å². The van der Waals surface area contributed by atoms with Crippen LogP contribution in [-0.2, 0) is 0 Å². The van der Waals surface area contributed by atoms with Crippen LogP contribution < -0.4 is 10.7 Å². The van der Waals surface area contributed by atoms with Gasteiger partial charge in [0.2, 0.25) is 5.43 Å². The van der Waals surface area contributed by atoms with E-state index in [2.05, 4.69) is 5.32 Å². The number of amides is 1. The van der Waals surface area contributed by atoms with Gasteiger partial charge in [0.15, 0.2) is 11.5 Å². The van der Waals surface area contributed by atoms with Crippen LogP contribution in [0.25, 0.3) is 10.9 Å². The Morgan fingerprint density at radius 3 is 2.52 bits per heavy atom. The molecular weight excluding hydrogens is 296 g/mol. The third-order valence-electron chi connectivity index (χ3n) is 3.25. The van der Waals surface area contributed by atoms with Crippen LogP contribution in [0.2, 0.25) is 5.02 Å². The Morgan fingerprint density at radius 2 is 2.00 bits per heavy atom. The first-order valence-electron chi connectivity index (χ1n) is 6.31. The maximum atomic E-state index is 12.4. The summed E-state index contributed by atoms with van der Waals surface area (Å²) in [7, 11) is 1.42. The van der Waals surface area contributed by atoms with Crippen molar-refractivity contribution in [2.75, 3.05) is 7.05 Å². The Hall–Kier alpha value is -2.21. The number of aromatic nitrogens is 1. The molecule has 7 heteroatoms. The lowest BCUT2D eigenvalue weighted by molar-refractivity contribution is 0.0961. The second-order valence-corrected chi connectivity index (χ2v) is 5.28. The molecule has 0 aliphatic heterocycles. The maximum absolute atomic E-state index is 12.4. The van der Waals surface area contributed by atoms with Crippen molar-refractivity contribution < 1.29 is 15.0 Å². The van der Waals surface area contributed by atoms with Crippen LogP contribution in [0, 0.1) is 0 Å². The fourth-order valence-electron chi connectivity index (χ4n) is 2.16. The molecule has 21 heavy (non-hydrogen) atoms. The standard InChI is InChI=1S/C14H15ClN2O4/c1-6(2)17-5-7(14(21)16-3)12(19)10-8(17)4-9(18)13(20)11(10)15/h4-6,18,20H,1-3H3,(H,16,21). The van der Waals surface area contributed by atoms with E-state index in [-0.39, 0.29) is 22.0 Å². The number of phenols is 2. The Morgan fingerprint density at radius 1 is 1.38 bits per heavy atom. The number of hydrogen-bond acceptors (Lipinski definition) is 4. The summed E-state index contributed by atoms with van der Waals surface area (Å²) in [4.78, 5) is 24.3. The maximum Gasteiger partial charge on any atom is 0.256 e. The molecule has 1 aromatic carbocycles. The van der Waals surface area contributed by atoms with E-state index in [1.54, 1.807) is 4.57 Å². The number of rotatable bonds is 2. The Kier molecular flexibility index (Phi) is 3.82. The first kappa shape index (κ1) is 15.2. The molecule has 0 fully saturated rings. The van der Waals surface area contributed by atoms with Crippen LogP contribution in [-0.4, -0.2) is 27.7 Å². The number of fused-ring (bicyclic) bond motifs is 1. The van der Waals surface area contributed by atoms with E-state index in [1.165, 1.54) is 19.3 Å². The summed E-state index contributed by atoms with van der Waals surface area (Å²) >= 11 is 5.98. The highest BCUT2D eigenvalue weighted by Gasteiger charge is 2.21. The van der Waals surface area contributed by atoms with E-state index in [9.17, 15) is 19.8 Å². The number of carbonyl (C=O) groups excluding carboxylic acids is 1. The Balaban J connectivity index is 3.05. The zero-order chi connectivity index (χ0) is 15.9. The normalized spacial score (nSPS) is 11.1. The van der Waals surface area contributed by atoms with Crippen LogP contribution in [0.3, 0.4) is 0 Å². The van der Waals surface area contributed by atoms with Gasteiger partial charge in [-0.3, -0.25) is 9.59 Å². The highest BCUT2D eigenvalue weighted by molar-refractivity contribution is 6.37. The minimum absolute atomic E-state index is 0.00164. The van der Waals surface area contributed by atoms with Gasteiger partial charge in [-0.2, -0.15) is 0 Å². The van der Waals surface area contributed by atoms with E-state index in [0.717, 1.165) is 0 Å². The minimum atomic E-state index is -0.596. The van der Waals surface area contributed by atoms with Gasteiger partial charge in [0.1, 0.15) is 5.56 Å². The average molecular weight is 311 g/mol. The van der Waals surface area contributed by atoms with E-state index < -0.39 is 22.8 Å². The molecule has 2 aromatic rings. The van der Waals surface area contributed by atoms with Gasteiger partial charge in [-0.25, -0.2) is 0 Å². The quantitative estimate of drug-likeness (QED) is 0.740. The van der Waals surface area contributed by atoms with Crippen LogP contribution >= 0.6 is 11.6 Å². The highest BCUT2D eigenvalue weighted by Crippen LogP contribution is 2.38. The number of nitrogens with one attached hydrogen (secondary N) is 1. The van der Waals surface area contributed by atoms with Crippen molar-refractivity contribution in [2.45, 2.75) is 19.9 Å². The van der Waals surface area contributed by atoms with Crippen molar-refractivity contribution in [2.24, 2.45) is 0 Å². The number of aromatic hydroxyl groups is 2. The number of carbonyl (C=O) groups is 1. The number of hydrogen-bond donors (Lipinski definition) is 3. The molecule has 0 atom stereocenters. The number of benzene rings is 1. The van der Waals surface area contributed by atoms with Crippen LogP contribution in [0.4, 0.5) is 0 Å². The smallest absolute Gasteiger partial charge is 0.256 e. The summed E-state index contributed by atoms with van der Waals surface area (Å²) in [5.74, 6) is -1.54. The summed E-state index contributed by atoms with van der Waals surface area (Å²) in [5.41, 5.74) is -0.324. The monoisotopic (exact) mass is 310 g/mol. The second kappa shape index (κ2) is 5.29. The number of nitrogens with zero attached hydrogens (tertiary/aromatic N) is 1. The van der Waals surface area contributed by atoms with E-state index in [4.69, 9.17) is 11.6 Å². The van der Waals surface area contributed by atoms with Crippen molar-refractivity contribution in [1.29, 1.82) is 0 Å². The van der Waals surface area contributed by atoms with Crippen molar-refractivity contribution in [3.8, 4) is 11.5 Å². The van der Waals surface area contributed by atoms with E-state index >= 15 is 0 Å². The summed E-state index contributed by atoms with van der Waals surface area (Å²) in [6.45, 7) is 3.71. The molecule has 0 aliphatic rings. The minimum Gasteiger partial charge on any atom is -0.504 e.